The Balaban J connectivity index is -0.0000000558. The zero-order chi connectivity index (χ0) is 38.8. The maximum atomic E-state index is 9.94. The Hall–Kier alpha value is 2.36. The van der Waals surface area contributed by atoms with Crippen LogP contribution >= 0.6 is 0 Å². The largest absolute Gasteiger partial charge is 0.484 e. The molecule has 1 aromatic rings. The van der Waals surface area contributed by atoms with Crippen LogP contribution in [0.4, 0.5) is 0 Å². The van der Waals surface area contributed by atoms with E-state index < -0.39 is 9.84 Å². The summed E-state index contributed by atoms with van der Waals surface area (Å²) in [4.78, 5) is 4.97. The Morgan fingerprint density at radius 3 is 1.02 bits per heavy atom. The normalized spacial score (nSPS) is 17.3. The summed E-state index contributed by atoms with van der Waals surface area (Å²) in [5, 5.41) is 0. The summed E-state index contributed by atoms with van der Waals surface area (Å²) in [6.07, 6.45) is 13.3. The first-order chi connectivity index (χ1) is 21.4. The molecule has 2 aliphatic heterocycles. The zero-order valence-electron chi connectivity index (χ0n) is 37.4. The van der Waals surface area contributed by atoms with Gasteiger partial charge in [0.25, 0.3) is 0 Å². The maximum Gasteiger partial charge on any atom is 0.0208 e. The van der Waals surface area contributed by atoms with E-state index in [1.165, 1.54) is 57.6 Å². The fourth-order valence-corrected chi connectivity index (χ4v) is 4.84. The molecule has 0 unspecified atom stereocenters. The van der Waals surface area contributed by atoms with Crippen LogP contribution in [0.3, 0.4) is 0 Å². The van der Waals surface area contributed by atoms with Crippen molar-refractivity contribution in [2.24, 2.45) is 11.1 Å². The minimum absolute atomic E-state index is 0. The molecule has 0 spiro atoms. The molecule has 2 aliphatic rings. The van der Waals surface area contributed by atoms with E-state index >= 15 is 0 Å². The fourth-order valence-electron chi connectivity index (χ4n) is 4.84. The summed E-state index contributed by atoms with van der Waals surface area (Å²) < 4.78 is 19.9. The average Bonchev–Trinajstić information content (AvgIpc) is 2.96. The number of benzene rings is 1. The van der Waals surface area contributed by atoms with Gasteiger partial charge in [-0.15, -0.1) is 0 Å². The molecule has 2 N–H and O–H groups in total. The molecule has 0 bridgehead atoms. The number of hydrogen-bond donors (Lipinski definition) is 1. The molecule has 3 radical (unpaired) electrons. The molecule has 2 heterocycles. The van der Waals surface area contributed by atoms with Crippen molar-refractivity contribution in [1.29, 1.82) is 0 Å². The van der Waals surface area contributed by atoms with Crippen LogP contribution in [0.5, 0.6) is 0 Å². The molecule has 329 valence electrons. The van der Waals surface area contributed by atoms with Crippen molar-refractivity contribution in [3.63, 3.8) is 0 Å². The Morgan fingerprint density at radius 2 is 0.873 bits per heavy atom. The predicted octanol–water partition coefficient (Wildman–Crippen LogP) is 13.6. The van der Waals surface area contributed by atoms with Gasteiger partial charge >= 0.3 is 0 Å². The topological polar surface area (TPSA) is 66.6 Å². The van der Waals surface area contributed by atoms with Crippen LogP contribution in [0.1, 0.15) is 191 Å². The monoisotopic (exact) mass is 1020 g/mol. The first-order valence-electron chi connectivity index (χ1n) is 18.1. The van der Waals surface area contributed by atoms with Crippen molar-refractivity contribution in [1.82, 2.24) is 9.80 Å². The molecule has 2 fully saturated rings. The van der Waals surface area contributed by atoms with Gasteiger partial charge < -0.3 is 28.4 Å². The predicted molar refractivity (Wildman–Crippen MR) is 244 cm³/mol. The molecule has 0 aromatic heterocycles. The molecular formula is C46H99N3O2SY3-4. The second-order valence-corrected chi connectivity index (χ2v) is 19.8. The molecule has 3 rings (SSSR count). The third-order valence-electron chi connectivity index (χ3n) is 10.1. The summed E-state index contributed by atoms with van der Waals surface area (Å²) in [6.45, 7) is 39.0. The number of likely N-dealkylation sites (tertiary alicyclic amines) is 2. The minimum atomic E-state index is -2.79. The fraction of sp³-hybridized carbons (Fsp3) is 0.783. The Morgan fingerprint density at radius 1 is 0.655 bits per heavy atom. The van der Waals surface area contributed by atoms with E-state index in [4.69, 9.17) is 5.73 Å². The summed E-state index contributed by atoms with van der Waals surface area (Å²) in [6, 6.07) is 10.7. The van der Waals surface area contributed by atoms with Gasteiger partial charge in [0.05, 0.1) is 0 Å². The Kier molecular flexibility index (Phi) is 54.6. The molecule has 55 heavy (non-hydrogen) atoms. The molecule has 0 atom stereocenters. The molecule has 5 nitrogen and oxygen atoms in total. The molecule has 0 saturated carbocycles. The summed E-state index contributed by atoms with van der Waals surface area (Å²) in [7, 11) is 1.67. The molecular weight excluding hydrogens is 925 g/mol. The first kappa shape index (κ1) is 81.2. The average molecular weight is 1030 g/mol. The van der Waals surface area contributed by atoms with Crippen molar-refractivity contribution in [2.45, 2.75) is 214 Å². The molecule has 1 aromatic carbocycles. The zero-order valence-corrected chi connectivity index (χ0v) is 46.7. The van der Waals surface area contributed by atoms with Crippen molar-refractivity contribution < 1.29 is 107 Å². The Labute approximate surface area is 427 Å². The van der Waals surface area contributed by atoms with Gasteiger partial charge in [-0.2, -0.15) is 39.5 Å². The summed E-state index contributed by atoms with van der Waals surface area (Å²) >= 11 is 0. The van der Waals surface area contributed by atoms with Gasteiger partial charge in [-0.3, -0.25) is 15.0 Å². The van der Waals surface area contributed by atoms with Gasteiger partial charge in [0.1, 0.15) is 0 Å². The standard InChI is InChI=1S/C11H16.2C10H20N.C6H14.C3H7O2S.C2H6N.4CH4.3Y/c1-4-11(2,3)10-8-6-5-7-9-10;2*1-9(2)7-6-8-10(3,4)11(9)5;1-5-6(2,3)4;1-3-6(2,4)5;1-2-3;;;;;;;/h5-9H,4H2,1-3H3;2*6H,7-8H2,1-5H3;5H2,1-4H3;3H,1-2H3;2H,3H2,1H3;4*1H4;;;/q;2*-1;;2*-1;;;;;;;. The first-order valence-corrected chi connectivity index (χ1v) is 20.0. The van der Waals surface area contributed by atoms with Crippen LogP contribution in [0.2, 0.25) is 0 Å². The van der Waals surface area contributed by atoms with Gasteiger partial charge in [-0.05, 0) is 114 Å². The minimum Gasteiger partial charge on any atom is -0.484 e. The number of nitrogens with zero attached hydrogens (tertiary/aromatic N) is 2. The number of rotatable bonds is 3. The number of nitrogens with two attached hydrogens (primary N) is 1. The summed E-state index contributed by atoms with van der Waals surface area (Å²) in [5.41, 5.74) is 8.43. The second-order valence-electron chi connectivity index (χ2n) is 17.7. The van der Waals surface area contributed by atoms with Crippen molar-refractivity contribution in [2.75, 3.05) is 20.4 Å². The van der Waals surface area contributed by atoms with E-state index in [-0.39, 0.29) is 128 Å². The van der Waals surface area contributed by atoms with Crippen molar-refractivity contribution in [3.8, 4) is 0 Å². The van der Waals surface area contributed by atoms with E-state index in [0.29, 0.717) is 33.0 Å². The van der Waals surface area contributed by atoms with Gasteiger partial charge in [0.15, 0.2) is 0 Å². The van der Waals surface area contributed by atoms with Crippen molar-refractivity contribution >= 4 is 9.84 Å². The smallest absolute Gasteiger partial charge is 0.0208 e. The van der Waals surface area contributed by atoms with E-state index in [1.807, 2.05) is 0 Å². The van der Waals surface area contributed by atoms with Crippen LogP contribution in [0.25, 0.3) is 0 Å². The number of sulfone groups is 1. The molecule has 2 saturated heterocycles. The van der Waals surface area contributed by atoms with Crippen LogP contribution in [-0.4, -0.2) is 60.7 Å². The summed E-state index contributed by atoms with van der Waals surface area (Å²) in [5.74, 6) is 1.16. The quantitative estimate of drug-likeness (QED) is 0.306. The van der Waals surface area contributed by atoms with E-state index in [0.717, 1.165) is 12.0 Å². The van der Waals surface area contributed by atoms with Gasteiger partial charge in [0.2, 0.25) is 0 Å². The third-order valence-corrected chi connectivity index (χ3v) is 11.0. The van der Waals surface area contributed by atoms with Crippen LogP contribution < -0.4 is 5.73 Å². The molecule has 0 aliphatic carbocycles. The SMILES string of the molecule is C.C.C.C.CCC(C)(C)C.CCC(C)(C)c1ccccc1.CN1C(C)(C)C[CH-]CC1(C)C.CN1C(C)(C)C[CH-]CC1(C)C.C[CH-]N.C[CH-]S(C)(=O)=O.[Y].[Y].[Y]. The van der Waals surface area contributed by atoms with E-state index in [2.05, 4.69) is 171 Å². The second kappa shape index (κ2) is 37.0. The van der Waals surface area contributed by atoms with Crippen LogP contribution in [0.15, 0.2) is 30.3 Å². The third kappa shape index (κ3) is 39.0. The van der Waals surface area contributed by atoms with Crippen molar-refractivity contribution in [3.05, 3.63) is 61.0 Å². The van der Waals surface area contributed by atoms with Crippen LogP contribution in [-0.2, 0) is 113 Å². The van der Waals surface area contributed by atoms with Gasteiger partial charge in [-0.25, -0.2) is 5.75 Å². The Bertz CT molecular complexity index is 1000. The van der Waals surface area contributed by atoms with Crippen LogP contribution in [0, 0.1) is 30.6 Å². The molecule has 0 amide bonds. The maximum absolute atomic E-state index is 9.94. The van der Waals surface area contributed by atoms with E-state index in [9.17, 15) is 8.42 Å². The number of hydrogen-bond acceptors (Lipinski definition) is 5. The van der Waals surface area contributed by atoms with Gasteiger partial charge in [-0.1, -0.05) is 115 Å². The molecule has 9 heteroatoms. The van der Waals surface area contributed by atoms with E-state index in [1.54, 1.807) is 6.92 Å². The number of piperidine rings is 2. The van der Waals surface area contributed by atoms with Gasteiger partial charge in [0, 0.05) is 114 Å².